The van der Waals surface area contributed by atoms with Crippen molar-refractivity contribution < 1.29 is 9.34 Å². The van der Waals surface area contributed by atoms with Crippen LogP contribution >= 0.6 is 0 Å². The Hall–Kier alpha value is -1.36. The second-order valence-corrected chi connectivity index (χ2v) is 5.15. The molecule has 1 aliphatic carbocycles. The van der Waals surface area contributed by atoms with Crippen LogP contribution in [0.25, 0.3) is 0 Å². The Kier molecular flexibility index (Phi) is 4.36. The smallest absolute Gasteiger partial charge is 0.404 e. The van der Waals surface area contributed by atoms with E-state index in [-0.39, 0.29) is 5.88 Å². The van der Waals surface area contributed by atoms with Gasteiger partial charge in [-0.25, -0.2) is 0 Å². The van der Waals surface area contributed by atoms with Gasteiger partial charge in [-0.3, -0.25) is 10.1 Å². The summed E-state index contributed by atoms with van der Waals surface area (Å²) in [5, 5.41) is 13.8. The van der Waals surface area contributed by atoms with Gasteiger partial charge < -0.3 is 9.73 Å². The zero-order chi connectivity index (χ0) is 13.0. The van der Waals surface area contributed by atoms with Gasteiger partial charge in [0.15, 0.2) is 0 Å². The predicted octanol–water partition coefficient (Wildman–Crippen LogP) is 3.10. The minimum absolute atomic E-state index is 0.183. The van der Waals surface area contributed by atoms with Gasteiger partial charge in [0.05, 0.1) is 12.6 Å². The molecule has 5 nitrogen and oxygen atoms in total. The molecule has 1 fully saturated rings. The summed E-state index contributed by atoms with van der Waals surface area (Å²) < 4.78 is 5.10. The Balaban J connectivity index is 1.75. The molecule has 1 heterocycles. The maximum atomic E-state index is 10.5. The summed E-state index contributed by atoms with van der Waals surface area (Å²) in [5.74, 6) is 1.95. The monoisotopic (exact) mass is 252 g/mol. The summed E-state index contributed by atoms with van der Waals surface area (Å²) >= 11 is 0. The summed E-state index contributed by atoms with van der Waals surface area (Å²) in [6.07, 6.45) is 5.27. The van der Waals surface area contributed by atoms with Crippen LogP contribution in [0.4, 0.5) is 5.88 Å². The van der Waals surface area contributed by atoms with Crippen LogP contribution in [-0.4, -0.2) is 11.5 Å². The Morgan fingerprint density at radius 1 is 1.44 bits per heavy atom. The lowest BCUT2D eigenvalue weighted by Crippen LogP contribution is -2.28. The molecule has 0 radical (unpaired) electrons. The highest BCUT2D eigenvalue weighted by Gasteiger charge is 2.20. The zero-order valence-electron chi connectivity index (χ0n) is 10.7. The molecule has 0 amide bonds. The molecule has 2 atom stereocenters. The van der Waals surface area contributed by atoms with Crippen molar-refractivity contribution in [1.82, 2.24) is 5.32 Å². The lowest BCUT2D eigenvalue weighted by Gasteiger charge is -2.28. The largest absolute Gasteiger partial charge is 0.433 e. The van der Waals surface area contributed by atoms with Crippen LogP contribution in [0, 0.1) is 22.0 Å². The molecule has 2 unspecified atom stereocenters. The first-order valence-electron chi connectivity index (χ1n) is 6.60. The van der Waals surface area contributed by atoms with Crippen molar-refractivity contribution in [3.05, 3.63) is 28.0 Å². The zero-order valence-corrected chi connectivity index (χ0v) is 10.7. The number of rotatable bonds is 5. The molecular weight excluding hydrogens is 232 g/mol. The predicted molar refractivity (Wildman–Crippen MR) is 68.2 cm³/mol. The fraction of sp³-hybridized carbons (Fsp3) is 0.692. The molecule has 0 saturated heterocycles. The molecule has 0 aromatic carbocycles. The van der Waals surface area contributed by atoms with Crippen LogP contribution in [0.1, 0.15) is 38.4 Å². The lowest BCUT2D eigenvalue weighted by atomic mass is 9.80. The maximum Gasteiger partial charge on any atom is 0.433 e. The molecule has 5 heteroatoms. The summed E-state index contributed by atoms with van der Waals surface area (Å²) in [6, 6.07) is 3.07. The van der Waals surface area contributed by atoms with Crippen LogP contribution in [-0.2, 0) is 6.54 Å². The van der Waals surface area contributed by atoms with Crippen LogP contribution in [0.5, 0.6) is 0 Å². The first-order valence-corrected chi connectivity index (χ1v) is 6.60. The van der Waals surface area contributed by atoms with E-state index in [1.807, 2.05) is 0 Å². The Morgan fingerprint density at radius 2 is 2.22 bits per heavy atom. The van der Waals surface area contributed by atoms with E-state index in [0.29, 0.717) is 12.3 Å². The van der Waals surface area contributed by atoms with E-state index in [4.69, 9.17) is 4.42 Å². The minimum Gasteiger partial charge on any atom is -0.404 e. The van der Waals surface area contributed by atoms with Gasteiger partial charge in [0, 0.05) is 0 Å². The Labute approximate surface area is 107 Å². The molecule has 1 aliphatic rings. The van der Waals surface area contributed by atoms with Crippen LogP contribution in [0.2, 0.25) is 0 Å². The lowest BCUT2D eigenvalue weighted by molar-refractivity contribution is -0.402. The molecule has 0 spiro atoms. The van der Waals surface area contributed by atoms with Crippen molar-refractivity contribution >= 4 is 5.88 Å². The first kappa shape index (κ1) is 13.1. The van der Waals surface area contributed by atoms with Crippen molar-refractivity contribution in [3.8, 4) is 0 Å². The van der Waals surface area contributed by atoms with E-state index >= 15 is 0 Å². The van der Waals surface area contributed by atoms with Gasteiger partial charge >= 0.3 is 5.88 Å². The fourth-order valence-corrected chi connectivity index (χ4v) is 2.64. The average Bonchev–Trinajstić information content (AvgIpc) is 2.80. The number of nitrogens with zero attached hydrogens (tertiary/aromatic N) is 1. The minimum atomic E-state index is -0.507. The summed E-state index contributed by atoms with van der Waals surface area (Å²) in [6.45, 7) is 3.84. The van der Waals surface area contributed by atoms with Gasteiger partial charge in [-0.15, -0.1) is 0 Å². The molecule has 2 rings (SSSR count). The highest BCUT2D eigenvalue weighted by molar-refractivity contribution is 5.17. The standard InChI is InChI=1S/C13H20N2O3/c1-10-4-2-3-5-11(10)8-14-9-12-6-7-13(18-12)15(16)17/h6-7,10-11,14H,2-5,8-9H2,1H3. The summed E-state index contributed by atoms with van der Waals surface area (Å²) in [4.78, 5) is 9.96. The van der Waals surface area contributed by atoms with Crippen LogP contribution in [0.15, 0.2) is 16.5 Å². The topological polar surface area (TPSA) is 68.3 Å². The van der Waals surface area contributed by atoms with Gasteiger partial charge in [-0.05, 0) is 30.9 Å². The van der Waals surface area contributed by atoms with Gasteiger partial charge in [-0.2, -0.15) is 0 Å². The quantitative estimate of drug-likeness (QED) is 0.645. The summed E-state index contributed by atoms with van der Waals surface area (Å²) in [7, 11) is 0. The Bertz CT molecular complexity index is 403. The molecule has 1 N–H and O–H groups in total. The highest BCUT2D eigenvalue weighted by Crippen LogP contribution is 2.28. The number of furan rings is 1. The molecule has 1 aromatic heterocycles. The summed E-state index contributed by atoms with van der Waals surface area (Å²) in [5.41, 5.74) is 0. The van der Waals surface area contributed by atoms with Crippen molar-refractivity contribution in [2.75, 3.05) is 6.54 Å². The number of nitrogens with one attached hydrogen (secondary N) is 1. The highest BCUT2D eigenvalue weighted by atomic mass is 16.6. The SMILES string of the molecule is CC1CCCCC1CNCc1ccc([N+](=O)[O-])o1. The van der Waals surface area contributed by atoms with Crippen molar-refractivity contribution in [3.63, 3.8) is 0 Å². The second kappa shape index (κ2) is 6.00. The maximum absolute atomic E-state index is 10.5. The molecule has 18 heavy (non-hydrogen) atoms. The van der Waals surface area contributed by atoms with E-state index in [1.54, 1.807) is 6.07 Å². The third-order valence-electron chi connectivity index (χ3n) is 3.82. The van der Waals surface area contributed by atoms with E-state index in [2.05, 4.69) is 12.2 Å². The second-order valence-electron chi connectivity index (χ2n) is 5.15. The average molecular weight is 252 g/mol. The van der Waals surface area contributed by atoms with Crippen molar-refractivity contribution in [2.24, 2.45) is 11.8 Å². The molecule has 1 saturated carbocycles. The van der Waals surface area contributed by atoms with E-state index < -0.39 is 4.92 Å². The molecule has 0 bridgehead atoms. The van der Waals surface area contributed by atoms with Crippen molar-refractivity contribution in [2.45, 2.75) is 39.2 Å². The number of hydrogen-bond donors (Lipinski definition) is 1. The van der Waals surface area contributed by atoms with Crippen LogP contribution in [0.3, 0.4) is 0 Å². The fourth-order valence-electron chi connectivity index (χ4n) is 2.64. The molecule has 0 aliphatic heterocycles. The number of hydrogen-bond acceptors (Lipinski definition) is 4. The number of nitro groups is 1. The third-order valence-corrected chi connectivity index (χ3v) is 3.82. The first-order chi connectivity index (χ1) is 8.66. The molecule has 100 valence electrons. The van der Waals surface area contributed by atoms with Crippen LogP contribution < -0.4 is 5.32 Å². The third kappa shape index (κ3) is 3.32. The van der Waals surface area contributed by atoms with Crippen molar-refractivity contribution in [1.29, 1.82) is 0 Å². The Morgan fingerprint density at radius 3 is 2.89 bits per heavy atom. The normalized spacial score (nSPS) is 24.1. The van der Waals surface area contributed by atoms with E-state index in [0.717, 1.165) is 18.4 Å². The van der Waals surface area contributed by atoms with Gasteiger partial charge in [0.2, 0.25) is 0 Å². The van der Waals surface area contributed by atoms with E-state index in [9.17, 15) is 10.1 Å². The van der Waals surface area contributed by atoms with Gasteiger partial charge in [-0.1, -0.05) is 26.2 Å². The van der Waals surface area contributed by atoms with E-state index in [1.165, 1.54) is 31.7 Å². The van der Waals surface area contributed by atoms with Gasteiger partial charge in [0.25, 0.3) is 0 Å². The molecule has 1 aromatic rings. The van der Waals surface area contributed by atoms with Gasteiger partial charge in [0.1, 0.15) is 10.7 Å². The molecular formula is C13H20N2O3.